The fraction of sp³-hybridized carbons (Fsp3) is 0.385. The predicted octanol–water partition coefficient (Wildman–Crippen LogP) is 2.43. The largest absolute Gasteiger partial charge is 0.311 e. The van der Waals surface area contributed by atoms with Crippen LogP contribution < -0.4 is 5.73 Å². The van der Waals surface area contributed by atoms with E-state index >= 15 is 0 Å². The van der Waals surface area contributed by atoms with Crippen LogP contribution in [-0.2, 0) is 12.8 Å². The molecule has 3 rings (SSSR count). The first-order chi connectivity index (χ1) is 8.74. The minimum atomic E-state index is 0.0332. The predicted molar refractivity (Wildman–Crippen MR) is 73.1 cm³/mol. The van der Waals surface area contributed by atoms with E-state index in [4.69, 9.17) is 5.73 Å². The Kier molecular flexibility index (Phi) is 3.18. The van der Waals surface area contributed by atoms with Gasteiger partial charge in [0.15, 0.2) is 0 Å². The van der Waals surface area contributed by atoms with Crippen molar-refractivity contribution in [2.45, 2.75) is 31.8 Å². The summed E-state index contributed by atoms with van der Waals surface area (Å²) in [5.74, 6) is 1.99. The Bertz CT molecular complexity index is 564. The molecule has 1 aliphatic rings. The average molecular weight is 307 g/mol. The molecule has 0 radical (unpaired) electrons. The lowest BCUT2D eigenvalue weighted by Gasteiger charge is -2.22. The minimum Gasteiger partial charge on any atom is -0.311 e. The van der Waals surface area contributed by atoms with Crippen LogP contribution in [0.3, 0.4) is 0 Å². The van der Waals surface area contributed by atoms with Crippen LogP contribution in [0.4, 0.5) is 0 Å². The van der Waals surface area contributed by atoms with Gasteiger partial charge in [-0.2, -0.15) is 0 Å². The zero-order chi connectivity index (χ0) is 12.5. The highest BCUT2D eigenvalue weighted by molar-refractivity contribution is 9.10. The van der Waals surface area contributed by atoms with E-state index in [1.807, 2.05) is 12.1 Å². The Balaban J connectivity index is 1.92. The van der Waals surface area contributed by atoms with Crippen LogP contribution in [0.1, 0.15) is 36.2 Å². The highest BCUT2D eigenvalue weighted by Gasteiger charge is 2.21. The molecule has 1 unspecified atom stereocenters. The van der Waals surface area contributed by atoms with Gasteiger partial charge < -0.3 is 5.73 Å². The van der Waals surface area contributed by atoms with Crippen LogP contribution in [0.5, 0.6) is 0 Å². The molecule has 2 heterocycles. The number of fused-ring (bicyclic) bond motifs is 1. The van der Waals surface area contributed by atoms with Crippen LogP contribution in [0.25, 0.3) is 0 Å². The van der Waals surface area contributed by atoms with Crippen LogP contribution in [0.2, 0.25) is 0 Å². The first-order valence-corrected chi connectivity index (χ1v) is 6.96. The number of nitrogens with two attached hydrogens (primary N) is 1. The molecule has 1 atom stereocenters. The van der Waals surface area contributed by atoms with E-state index in [1.165, 1.54) is 5.56 Å². The van der Waals surface area contributed by atoms with Crippen LogP contribution in [-0.4, -0.2) is 14.8 Å². The number of hydrogen-bond acceptors (Lipinski definition) is 3. The van der Waals surface area contributed by atoms with E-state index in [1.54, 1.807) is 0 Å². The monoisotopic (exact) mass is 306 g/mol. The molecule has 4 nitrogen and oxygen atoms in total. The molecule has 1 aliphatic heterocycles. The van der Waals surface area contributed by atoms with Crippen molar-refractivity contribution in [3.8, 4) is 0 Å². The molecule has 0 saturated heterocycles. The Morgan fingerprint density at radius 1 is 1.39 bits per heavy atom. The van der Waals surface area contributed by atoms with Crippen LogP contribution in [0, 0.1) is 0 Å². The van der Waals surface area contributed by atoms with Gasteiger partial charge in [0.25, 0.3) is 0 Å². The normalized spacial score (nSPS) is 18.7. The molecule has 5 heteroatoms. The highest BCUT2D eigenvalue weighted by atomic mass is 79.9. The Hall–Kier alpha value is -1.20. The van der Waals surface area contributed by atoms with Crippen molar-refractivity contribution in [1.29, 1.82) is 0 Å². The van der Waals surface area contributed by atoms with Gasteiger partial charge in [-0.05, 0) is 30.5 Å². The number of hydrogen-bond donors (Lipinski definition) is 1. The topological polar surface area (TPSA) is 56.7 Å². The number of nitrogens with zero attached hydrogens (tertiary/aromatic N) is 3. The number of benzene rings is 1. The molecule has 0 spiro atoms. The summed E-state index contributed by atoms with van der Waals surface area (Å²) in [5.41, 5.74) is 7.37. The lowest BCUT2D eigenvalue weighted by molar-refractivity contribution is 0.399. The molecule has 0 saturated carbocycles. The zero-order valence-corrected chi connectivity index (χ0v) is 11.6. The van der Waals surface area contributed by atoms with Gasteiger partial charge in [-0.15, -0.1) is 10.2 Å². The lowest BCUT2D eigenvalue weighted by atomic mass is 10.1. The third kappa shape index (κ3) is 2.20. The minimum absolute atomic E-state index is 0.0332. The van der Waals surface area contributed by atoms with Gasteiger partial charge in [0.05, 0.1) is 6.17 Å². The SMILES string of the molecule is NC1CCCc2nnc(Cc3cccc(Br)c3)n21. The van der Waals surface area contributed by atoms with Crippen molar-refractivity contribution in [1.82, 2.24) is 14.8 Å². The quantitative estimate of drug-likeness (QED) is 0.927. The molecule has 18 heavy (non-hydrogen) atoms. The molecule has 0 bridgehead atoms. The second kappa shape index (κ2) is 4.82. The fourth-order valence-electron chi connectivity index (χ4n) is 2.46. The summed E-state index contributed by atoms with van der Waals surface area (Å²) in [6.45, 7) is 0. The Morgan fingerprint density at radius 3 is 3.11 bits per heavy atom. The maximum atomic E-state index is 6.15. The number of halogens is 1. The fourth-order valence-corrected chi connectivity index (χ4v) is 2.91. The summed E-state index contributed by atoms with van der Waals surface area (Å²) < 4.78 is 3.19. The Labute approximate surface area is 114 Å². The maximum absolute atomic E-state index is 6.15. The van der Waals surface area contributed by atoms with Crippen molar-refractivity contribution >= 4 is 15.9 Å². The molecule has 1 aromatic heterocycles. The number of aryl methyl sites for hydroxylation is 1. The first-order valence-electron chi connectivity index (χ1n) is 6.17. The van der Waals surface area contributed by atoms with E-state index in [2.05, 4.69) is 42.8 Å². The smallest absolute Gasteiger partial charge is 0.138 e. The standard InChI is InChI=1S/C13H15BrN4/c14-10-4-1-3-9(7-10)8-13-17-16-12-6-2-5-11(15)18(12)13/h1,3-4,7,11H,2,5-6,8,15H2. The van der Waals surface area contributed by atoms with Crippen molar-refractivity contribution < 1.29 is 0 Å². The molecular formula is C13H15BrN4. The molecule has 2 aromatic rings. The number of rotatable bonds is 2. The molecule has 2 N–H and O–H groups in total. The maximum Gasteiger partial charge on any atom is 0.138 e. The second-order valence-corrected chi connectivity index (χ2v) is 5.58. The summed E-state index contributed by atoms with van der Waals surface area (Å²) in [4.78, 5) is 0. The summed E-state index contributed by atoms with van der Waals surface area (Å²) in [5, 5.41) is 8.54. The average Bonchev–Trinajstić information content (AvgIpc) is 2.74. The van der Waals surface area contributed by atoms with Crippen molar-refractivity contribution in [3.05, 3.63) is 46.0 Å². The van der Waals surface area contributed by atoms with Gasteiger partial charge in [-0.1, -0.05) is 28.1 Å². The third-order valence-corrected chi connectivity index (χ3v) is 3.81. The highest BCUT2D eigenvalue weighted by Crippen LogP contribution is 2.23. The molecule has 94 valence electrons. The van der Waals surface area contributed by atoms with Crippen LogP contribution >= 0.6 is 15.9 Å². The van der Waals surface area contributed by atoms with E-state index < -0.39 is 0 Å². The molecule has 1 aromatic carbocycles. The van der Waals surface area contributed by atoms with Gasteiger partial charge in [0.2, 0.25) is 0 Å². The molecule has 0 fully saturated rings. The zero-order valence-electron chi connectivity index (χ0n) is 10.0. The third-order valence-electron chi connectivity index (χ3n) is 3.32. The second-order valence-electron chi connectivity index (χ2n) is 4.67. The molecular weight excluding hydrogens is 292 g/mol. The summed E-state index contributed by atoms with van der Waals surface area (Å²) in [6, 6.07) is 8.26. The van der Waals surface area contributed by atoms with E-state index in [-0.39, 0.29) is 6.17 Å². The van der Waals surface area contributed by atoms with E-state index in [0.29, 0.717) is 0 Å². The lowest BCUT2D eigenvalue weighted by Crippen LogP contribution is -2.26. The Morgan fingerprint density at radius 2 is 2.28 bits per heavy atom. The van der Waals surface area contributed by atoms with E-state index in [0.717, 1.165) is 41.8 Å². The van der Waals surface area contributed by atoms with Gasteiger partial charge >= 0.3 is 0 Å². The first kappa shape index (κ1) is 11.9. The van der Waals surface area contributed by atoms with Crippen molar-refractivity contribution in [3.63, 3.8) is 0 Å². The van der Waals surface area contributed by atoms with Crippen molar-refractivity contribution in [2.75, 3.05) is 0 Å². The molecule has 0 aliphatic carbocycles. The summed E-state index contributed by atoms with van der Waals surface area (Å²) in [6.07, 6.45) is 3.91. The van der Waals surface area contributed by atoms with Crippen LogP contribution in [0.15, 0.2) is 28.7 Å². The number of aromatic nitrogens is 3. The van der Waals surface area contributed by atoms with Crippen molar-refractivity contribution in [2.24, 2.45) is 5.73 Å². The van der Waals surface area contributed by atoms with E-state index in [9.17, 15) is 0 Å². The van der Waals surface area contributed by atoms with Gasteiger partial charge in [0, 0.05) is 17.3 Å². The summed E-state index contributed by atoms with van der Waals surface area (Å²) in [7, 11) is 0. The van der Waals surface area contributed by atoms with Gasteiger partial charge in [0.1, 0.15) is 11.6 Å². The summed E-state index contributed by atoms with van der Waals surface area (Å²) >= 11 is 3.49. The van der Waals surface area contributed by atoms with Gasteiger partial charge in [-0.3, -0.25) is 4.57 Å². The van der Waals surface area contributed by atoms with Gasteiger partial charge in [-0.25, -0.2) is 0 Å². The molecule has 0 amide bonds.